The lowest BCUT2D eigenvalue weighted by atomic mass is 10.1. The van der Waals surface area contributed by atoms with Crippen molar-refractivity contribution in [3.8, 4) is 12.3 Å². The predicted molar refractivity (Wildman–Crippen MR) is 65.6 cm³/mol. The fourth-order valence-electron chi connectivity index (χ4n) is 1.73. The summed E-state index contributed by atoms with van der Waals surface area (Å²) in [5.74, 6) is -1.35. The molecule has 0 fully saturated rings. The molecule has 0 bridgehead atoms. The predicted octanol–water partition coefficient (Wildman–Crippen LogP) is 5.18. The number of unbranched alkanes of at least 4 members (excludes halogenated alkanes) is 8. The summed E-state index contributed by atoms with van der Waals surface area (Å²) in [7, 11) is 0. The third-order valence-corrected chi connectivity index (χ3v) is 2.81. The topological polar surface area (TPSA) is 0 Å². The highest BCUT2D eigenvalue weighted by Crippen LogP contribution is 2.21. The Morgan fingerprint density at radius 1 is 0.875 bits per heavy atom. The molecule has 0 spiro atoms. The highest BCUT2D eigenvalue weighted by Gasteiger charge is 2.23. The zero-order chi connectivity index (χ0) is 12.3. The molecule has 2 heteroatoms. The van der Waals surface area contributed by atoms with E-state index in [2.05, 4.69) is 6.92 Å². The van der Waals surface area contributed by atoms with Crippen LogP contribution in [0.4, 0.5) is 8.78 Å². The number of hydrogen-bond donors (Lipinski definition) is 0. The summed E-state index contributed by atoms with van der Waals surface area (Å²) < 4.78 is 25.3. The minimum Gasteiger partial charge on any atom is -0.192 e. The molecule has 0 saturated carbocycles. The molecule has 0 radical (unpaired) electrons. The van der Waals surface area contributed by atoms with Gasteiger partial charge >= 0.3 is 5.92 Å². The number of rotatable bonds is 10. The zero-order valence-electron chi connectivity index (χ0n) is 10.4. The van der Waals surface area contributed by atoms with E-state index in [1.165, 1.54) is 44.4 Å². The van der Waals surface area contributed by atoms with Gasteiger partial charge in [-0.15, -0.1) is 6.42 Å². The summed E-state index contributed by atoms with van der Waals surface area (Å²) in [6.07, 6.45) is 14.6. The van der Waals surface area contributed by atoms with Crippen LogP contribution in [-0.2, 0) is 0 Å². The Bertz CT molecular complexity index is 191. The van der Waals surface area contributed by atoms with Crippen LogP contribution in [0.3, 0.4) is 0 Å². The first-order valence-corrected chi connectivity index (χ1v) is 6.48. The van der Waals surface area contributed by atoms with Gasteiger partial charge in [0.1, 0.15) is 0 Å². The lowest BCUT2D eigenvalue weighted by Crippen LogP contribution is -2.11. The molecule has 0 aliphatic rings. The average Bonchev–Trinajstić information content (AvgIpc) is 2.27. The average molecular weight is 230 g/mol. The lowest BCUT2D eigenvalue weighted by Gasteiger charge is -2.08. The summed E-state index contributed by atoms with van der Waals surface area (Å²) in [4.78, 5) is 0. The highest BCUT2D eigenvalue weighted by molar-refractivity contribution is 5.00. The SMILES string of the molecule is C#CC(F)(F)CCCCCCCCCCC. The lowest BCUT2D eigenvalue weighted by molar-refractivity contribution is 0.0538. The van der Waals surface area contributed by atoms with Crippen LogP contribution in [0, 0.1) is 12.3 Å². The van der Waals surface area contributed by atoms with E-state index in [-0.39, 0.29) is 6.42 Å². The molecule has 0 heterocycles. The maximum Gasteiger partial charge on any atom is 0.307 e. The van der Waals surface area contributed by atoms with Gasteiger partial charge in [-0.25, -0.2) is 0 Å². The summed E-state index contributed by atoms with van der Waals surface area (Å²) in [6, 6.07) is 0. The van der Waals surface area contributed by atoms with Crippen molar-refractivity contribution in [2.75, 3.05) is 0 Å². The monoisotopic (exact) mass is 230 g/mol. The van der Waals surface area contributed by atoms with Crippen molar-refractivity contribution in [1.29, 1.82) is 0 Å². The van der Waals surface area contributed by atoms with Crippen molar-refractivity contribution in [3.63, 3.8) is 0 Å². The van der Waals surface area contributed by atoms with Gasteiger partial charge in [0.15, 0.2) is 0 Å². The molecule has 0 saturated heterocycles. The van der Waals surface area contributed by atoms with Crippen molar-refractivity contribution in [2.24, 2.45) is 0 Å². The van der Waals surface area contributed by atoms with Crippen LogP contribution in [0.15, 0.2) is 0 Å². The molecule has 94 valence electrons. The normalized spacial score (nSPS) is 11.4. The van der Waals surface area contributed by atoms with Gasteiger partial charge in [0.05, 0.1) is 0 Å². The Labute approximate surface area is 98.8 Å². The molecule has 0 aromatic heterocycles. The van der Waals surface area contributed by atoms with Crippen LogP contribution >= 0.6 is 0 Å². The first kappa shape index (κ1) is 15.4. The Kier molecular flexibility index (Phi) is 9.28. The van der Waals surface area contributed by atoms with Crippen LogP contribution < -0.4 is 0 Å². The van der Waals surface area contributed by atoms with E-state index in [0.29, 0.717) is 6.42 Å². The molecule has 0 N–H and O–H groups in total. The molecule has 0 atom stereocenters. The summed E-state index contributed by atoms with van der Waals surface area (Å²) in [5, 5.41) is 0. The molecule has 0 aromatic carbocycles. The van der Waals surface area contributed by atoms with Crippen molar-refractivity contribution >= 4 is 0 Å². The van der Waals surface area contributed by atoms with E-state index < -0.39 is 5.92 Å². The van der Waals surface area contributed by atoms with Gasteiger partial charge in [-0.2, -0.15) is 8.78 Å². The molecule has 0 amide bonds. The minimum absolute atomic E-state index is 0.153. The minimum atomic E-state index is -2.89. The van der Waals surface area contributed by atoms with E-state index in [9.17, 15) is 8.78 Å². The van der Waals surface area contributed by atoms with Crippen molar-refractivity contribution in [2.45, 2.75) is 77.1 Å². The molecule has 0 nitrogen and oxygen atoms in total. The van der Waals surface area contributed by atoms with E-state index >= 15 is 0 Å². The van der Waals surface area contributed by atoms with Crippen molar-refractivity contribution in [1.82, 2.24) is 0 Å². The Morgan fingerprint density at radius 3 is 1.75 bits per heavy atom. The third-order valence-electron chi connectivity index (χ3n) is 2.81. The molecule has 0 aromatic rings. The maximum atomic E-state index is 12.6. The molecular weight excluding hydrogens is 206 g/mol. The van der Waals surface area contributed by atoms with Crippen molar-refractivity contribution < 1.29 is 8.78 Å². The van der Waals surface area contributed by atoms with Gasteiger partial charge in [-0.1, -0.05) is 58.3 Å². The molecule has 16 heavy (non-hydrogen) atoms. The van der Waals surface area contributed by atoms with Gasteiger partial charge in [0.2, 0.25) is 0 Å². The number of halogens is 2. The zero-order valence-corrected chi connectivity index (χ0v) is 10.4. The van der Waals surface area contributed by atoms with Crippen LogP contribution in [0.1, 0.15) is 71.1 Å². The van der Waals surface area contributed by atoms with Crippen molar-refractivity contribution in [3.05, 3.63) is 0 Å². The van der Waals surface area contributed by atoms with Gasteiger partial charge in [-0.05, 0) is 12.3 Å². The van der Waals surface area contributed by atoms with Gasteiger partial charge in [-0.3, -0.25) is 0 Å². The molecule has 0 rings (SSSR count). The summed E-state index contributed by atoms with van der Waals surface area (Å²) in [6.45, 7) is 2.20. The van der Waals surface area contributed by atoms with E-state index in [1.54, 1.807) is 0 Å². The Hall–Kier alpha value is -0.580. The van der Waals surface area contributed by atoms with Gasteiger partial charge in [0, 0.05) is 6.42 Å². The standard InChI is InChI=1S/C14H24F2/c1-3-5-6-7-8-9-10-11-12-13-14(15,16)4-2/h2H,3,5-13H2,1H3. The quantitative estimate of drug-likeness (QED) is 0.358. The second-order valence-electron chi connectivity index (χ2n) is 4.43. The highest BCUT2D eigenvalue weighted by atomic mass is 19.3. The Balaban J connectivity index is 3.14. The summed E-state index contributed by atoms with van der Waals surface area (Å²) in [5.41, 5.74) is 0. The van der Waals surface area contributed by atoms with Gasteiger partial charge < -0.3 is 0 Å². The van der Waals surface area contributed by atoms with Gasteiger partial charge in [0.25, 0.3) is 0 Å². The van der Waals surface area contributed by atoms with E-state index in [1.807, 2.05) is 0 Å². The van der Waals surface area contributed by atoms with Crippen LogP contribution in [-0.4, -0.2) is 5.92 Å². The van der Waals surface area contributed by atoms with E-state index in [0.717, 1.165) is 12.8 Å². The first-order chi connectivity index (χ1) is 7.62. The fraction of sp³-hybridized carbons (Fsp3) is 0.857. The fourth-order valence-corrected chi connectivity index (χ4v) is 1.73. The second-order valence-corrected chi connectivity index (χ2v) is 4.43. The van der Waals surface area contributed by atoms with E-state index in [4.69, 9.17) is 6.42 Å². The van der Waals surface area contributed by atoms with Crippen LogP contribution in [0.5, 0.6) is 0 Å². The molecule has 0 aliphatic carbocycles. The summed E-state index contributed by atoms with van der Waals surface area (Å²) >= 11 is 0. The molecular formula is C14H24F2. The number of hydrogen-bond acceptors (Lipinski definition) is 0. The number of alkyl halides is 2. The molecule has 0 unspecified atom stereocenters. The maximum absolute atomic E-state index is 12.6. The number of terminal acetylenes is 1. The van der Waals surface area contributed by atoms with Crippen LogP contribution in [0.2, 0.25) is 0 Å². The molecule has 0 aliphatic heterocycles. The third kappa shape index (κ3) is 9.96. The first-order valence-electron chi connectivity index (χ1n) is 6.48. The Morgan fingerprint density at radius 2 is 1.31 bits per heavy atom. The second kappa shape index (κ2) is 9.63. The largest absolute Gasteiger partial charge is 0.307 e. The smallest absolute Gasteiger partial charge is 0.192 e. The van der Waals surface area contributed by atoms with Crippen LogP contribution in [0.25, 0.3) is 0 Å².